The van der Waals surface area contributed by atoms with Crippen molar-refractivity contribution in [1.29, 1.82) is 0 Å². The van der Waals surface area contributed by atoms with E-state index in [0.29, 0.717) is 16.5 Å². The molecule has 162 valence electrons. The van der Waals surface area contributed by atoms with Gasteiger partial charge in [0.1, 0.15) is 5.75 Å². The molecule has 0 bridgehead atoms. The number of hydrogen-bond donors (Lipinski definition) is 1. The zero-order chi connectivity index (χ0) is 22.6. The van der Waals surface area contributed by atoms with Crippen molar-refractivity contribution in [1.82, 2.24) is 0 Å². The summed E-state index contributed by atoms with van der Waals surface area (Å²) in [6.07, 6.45) is -4.66. The average molecular weight is 486 g/mol. The predicted molar refractivity (Wildman–Crippen MR) is 118 cm³/mol. The molecule has 0 saturated carbocycles. The maximum Gasteiger partial charge on any atom is 0.418 e. The molecule has 1 N–H and O–H groups in total. The van der Waals surface area contributed by atoms with Gasteiger partial charge in [0.05, 0.1) is 18.4 Å². The lowest BCUT2D eigenvalue weighted by Gasteiger charge is -2.15. The second-order valence-electron chi connectivity index (χ2n) is 6.41. The summed E-state index contributed by atoms with van der Waals surface area (Å²) in [7, 11) is 1.51. The Balaban J connectivity index is 1.82. The Kier molecular flexibility index (Phi) is 7.41. The zero-order valence-electron chi connectivity index (χ0n) is 16.1. The smallest absolute Gasteiger partial charge is 0.418 e. The van der Waals surface area contributed by atoms with Crippen LogP contribution in [0.25, 0.3) is 0 Å². The molecule has 0 unspecified atom stereocenters. The maximum atomic E-state index is 13.3. The summed E-state index contributed by atoms with van der Waals surface area (Å²) in [4.78, 5) is 13.6. The number of nitrogens with one attached hydrogen (secondary N) is 1. The minimum Gasteiger partial charge on any atom is -0.496 e. The number of carbonyl (C=O) groups excluding carboxylic acids is 1. The van der Waals surface area contributed by atoms with Crippen molar-refractivity contribution in [3.05, 3.63) is 87.4 Å². The van der Waals surface area contributed by atoms with Gasteiger partial charge in [0.15, 0.2) is 0 Å². The van der Waals surface area contributed by atoms with Crippen LogP contribution in [0.15, 0.2) is 65.6 Å². The van der Waals surface area contributed by atoms with Crippen LogP contribution in [-0.2, 0) is 11.9 Å². The highest BCUT2D eigenvalue weighted by Crippen LogP contribution is 2.37. The van der Waals surface area contributed by atoms with Gasteiger partial charge in [0.2, 0.25) is 0 Å². The van der Waals surface area contributed by atoms with Gasteiger partial charge in [0.25, 0.3) is 5.91 Å². The van der Waals surface area contributed by atoms with Crippen LogP contribution in [0.1, 0.15) is 21.5 Å². The van der Waals surface area contributed by atoms with E-state index in [1.54, 1.807) is 24.3 Å². The molecule has 31 heavy (non-hydrogen) atoms. The highest BCUT2D eigenvalue weighted by molar-refractivity contribution is 7.98. The summed E-state index contributed by atoms with van der Waals surface area (Å²) in [5.41, 5.74) is -0.451. The Labute approximate surface area is 191 Å². The van der Waals surface area contributed by atoms with Crippen LogP contribution >= 0.6 is 35.0 Å². The number of thioether (sulfide) groups is 1. The third-order valence-corrected chi connectivity index (χ3v) is 5.83. The Morgan fingerprint density at radius 3 is 2.32 bits per heavy atom. The number of amides is 1. The number of halogens is 5. The number of hydrogen-bond acceptors (Lipinski definition) is 3. The van der Waals surface area contributed by atoms with E-state index in [2.05, 4.69) is 5.32 Å². The quantitative estimate of drug-likeness (QED) is 0.366. The molecule has 0 radical (unpaired) electrons. The topological polar surface area (TPSA) is 38.3 Å². The van der Waals surface area contributed by atoms with E-state index in [1.165, 1.54) is 31.0 Å². The SMILES string of the molecule is COc1ccc(C(=O)Nc2ccc(Cl)cc2C(F)(F)F)cc1CSc1ccc(Cl)cc1. The monoisotopic (exact) mass is 485 g/mol. The summed E-state index contributed by atoms with van der Waals surface area (Å²) < 4.78 is 45.2. The lowest BCUT2D eigenvalue weighted by Crippen LogP contribution is -2.17. The van der Waals surface area contributed by atoms with Gasteiger partial charge in [-0.1, -0.05) is 23.2 Å². The third kappa shape index (κ3) is 6.09. The van der Waals surface area contributed by atoms with Crippen LogP contribution in [-0.4, -0.2) is 13.0 Å². The molecule has 0 aliphatic carbocycles. The van der Waals surface area contributed by atoms with Crippen molar-refractivity contribution in [2.75, 3.05) is 12.4 Å². The van der Waals surface area contributed by atoms with E-state index < -0.39 is 17.6 Å². The number of carbonyl (C=O) groups is 1. The Morgan fingerprint density at radius 1 is 1.00 bits per heavy atom. The van der Waals surface area contributed by atoms with Crippen molar-refractivity contribution in [3.8, 4) is 5.75 Å². The molecule has 3 rings (SSSR count). The first-order valence-electron chi connectivity index (χ1n) is 8.91. The Hall–Kier alpha value is -2.35. The number of benzene rings is 3. The molecule has 9 heteroatoms. The van der Waals surface area contributed by atoms with E-state index in [-0.39, 0.29) is 16.3 Å². The molecule has 0 fully saturated rings. The lowest BCUT2D eigenvalue weighted by atomic mass is 10.1. The molecule has 0 spiro atoms. The molecule has 0 heterocycles. The first-order valence-corrected chi connectivity index (χ1v) is 10.6. The highest BCUT2D eigenvalue weighted by Gasteiger charge is 2.34. The number of rotatable bonds is 6. The zero-order valence-corrected chi connectivity index (χ0v) is 18.4. The fourth-order valence-corrected chi connectivity index (χ4v) is 3.95. The molecular formula is C22H16Cl2F3NO2S. The molecule has 1 amide bonds. The summed E-state index contributed by atoms with van der Waals surface area (Å²) in [5, 5.41) is 2.88. The lowest BCUT2D eigenvalue weighted by molar-refractivity contribution is -0.136. The highest BCUT2D eigenvalue weighted by atomic mass is 35.5. The number of alkyl halides is 3. The van der Waals surface area contributed by atoms with Crippen LogP contribution in [0, 0.1) is 0 Å². The van der Waals surface area contributed by atoms with Crippen LogP contribution in [0.4, 0.5) is 18.9 Å². The van der Waals surface area contributed by atoms with E-state index in [4.69, 9.17) is 27.9 Å². The summed E-state index contributed by atoms with van der Waals surface area (Å²) in [6, 6.07) is 15.2. The van der Waals surface area contributed by atoms with Crippen molar-refractivity contribution < 1.29 is 22.7 Å². The molecule has 0 aliphatic heterocycles. The van der Waals surface area contributed by atoms with Crippen LogP contribution in [0.5, 0.6) is 5.75 Å². The van der Waals surface area contributed by atoms with E-state index >= 15 is 0 Å². The van der Waals surface area contributed by atoms with Crippen molar-refractivity contribution in [2.45, 2.75) is 16.8 Å². The third-order valence-electron chi connectivity index (χ3n) is 4.29. The van der Waals surface area contributed by atoms with E-state index in [9.17, 15) is 18.0 Å². The fourth-order valence-electron chi connectivity index (χ4n) is 2.78. The molecule has 3 aromatic carbocycles. The number of anilines is 1. The van der Waals surface area contributed by atoms with E-state index in [1.807, 2.05) is 12.1 Å². The molecule has 3 nitrogen and oxygen atoms in total. The molecule has 0 aliphatic rings. The second kappa shape index (κ2) is 9.85. The summed E-state index contributed by atoms with van der Waals surface area (Å²) in [6.45, 7) is 0. The van der Waals surface area contributed by atoms with Gasteiger partial charge in [-0.2, -0.15) is 13.2 Å². The molecule has 0 aromatic heterocycles. The molecule has 0 saturated heterocycles. The van der Waals surface area contributed by atoms with Gasteiger partial charge in [-0.25, -0.2) is 0 Å². The minimum atomic E-state index is -4.66. The Morgan fingerprint density at radius 2 is 1.68 bits per heavy atom. The Bertz CT molecular complexity index is 1090. The van der Waals surface area contributed by atoms with Gasteiger partial charge in [-0.05, 0) is 60.7 Å². The minimum absolute atomic E-state index is 0.0729. The summed E-state index contributed by atoms with van der Waals surface area (Å²) >= 11 is 13.1. The van der Waals surface area contributed by atoms with Crippen LogP contribution in [0.3, 0.4) is 0 Å². The van der Waals surface area contributed by atoms with Gasteiger partial charge < -0.3 is 10.1 Å². The maximum absolute atomic E-state index is 13.3. The van der Waals surface area contributed by atoms with E-state index in [0.717, 1.165) is 22.6 Å². The summed E-state index contributed by atoms with van der Waals surface area (Å²) in [5.74, 6) is 0.384. The number of methoxy groups -OCH3 is 1. The van der Waals surface area contributed by atoms with Crippen LogP contribution in [0.2, 0.25) is 10.0 Å². The van der Waals surface area contributed by atoms with Gasteiger partial charge >= 0.3 is 6.18 Å². The second-order valence-corrected chi connectivity index (χ2v) is 8.33. The van der Waals surface area contributed by atoms with Crippen molar-refractivity contribution in [3.63, 3.8) is 0 Å². The first-order chi connectivity index (χ1) is 14.7. The molecular weight excluding hydrogens is 470 g/mol. The van der Waals surface area contributed by atoms with Crippen molar-refractivity contribution >= 4 is 46.6 Å². The predicted octanol–water partition coefficient (Wildman–Crippen LogP) is 7.57. The van der Waals surface area contributed by atoms with Crippen LogP contribution < -0.4 is 10.1 Å². The largest absolute Gasteiger partial charge is 0.496 e. The fraction of sp³-hybridized carbons (Fsp3) is 0.136. The van der Waals surface area contributed by atoms with Crippen molar-refractivity contribution in [2.24, 2.45) is 0 Å². The van der Waals surface area contributed by atoms with Gasteiger partial charge in [0, 0.05) is 31.8 Å². The standard InChI is InChI=1S/C22H16Cl2F3NO2S/c1-30-20-9-2-13(10-14(20)12-31-17-6-3-15(23)4-7-17)21(29)28-19-8-5-16(24)11-18(19)22(25,26)27/h2-11H,12H2,1H3,(H,28,29). The first kappa shape index (κ1) is 23.3. The van der Waals surface area contributed by atoms with Gasteiger partial charge in [-0.15, -0.1) is 11.8 Å². The molecule has 0 atom stereocenters. The molecule has 3 aromatic rings. The average Bonchev–Trinajstić information content (AvgIpc) is 2.73. The van der Waals surface area contributed by atoms with Gasteiger partial charge in [-0.3, -0.25) is 4.79 Å². The number of ether oxygens (including phenoxy) is 1. The normalized spacial score (nSPS) is 11.3.